The Balaban J connectivity index is 1.57. The van der Waals surface area contributed by atoms with Gasteiger partial charge < -0.3 is 9.88 Å². The number of hydrogen-bond acceptors (Lipinski definition) is 6. The van der Waals surface area contributed by atoms with E-state index in [-0.39, 0.29) is 15.8 Å². The number of nitro groups is 1. The molecule has 2 aromatic heterocycles. The Bertz CT molecular complexity index is 903. The highest BCUT2D eigenvalue weighted by Gasteiger charge is 2.26. The van der Waals surface area contributed by atoms with Gasteiger partial charge >= 0.3 is 5.00 Å². The summed E-state index contributed by atoms with van der Waals surface area (Å²) in [6, 6.07) is 6.21. The molecule has 24 heavy (non-hydrogen) atoms. The number of fused-ring (bicyclic) bond motifs is 1. The van der Waals surface area contributed by atoms with Crippen LogP contribution in [0.25, 0.3) is 11.0 Å². The van der Waals surface area contributed by atoms with Gasteiger partial charge in [-0.1, -0.05) is 6.07 Å². The number of benzene rings is 1. The lowest BCUT2D eigenvalue weighted by atomic mass is 9.98. The van der Waals surface area contributed by atoms with E-state index < -0.39 is 0 Å². The SMILES string of the molecule is Cc1ccc2nc(C3CCCN(c4ncc([N+](=O)[O-])s4)C3)[nH]c2c1. The zero-order valence-electron chi connectivity index (χ0n) is 13.2. The van der Waals surface area contributed by atoms with Gasteiger partial charge in [0, 0.05) is 19.0 Å². The molecule has 0 aliphatic carbocycles. The van der Waals surface area contributed by atoms with Gasteiger partial charge in [0.15, 0.2) is 5.13 Å². The van der Waals surface area contributed by atoms with Crippen molar-refractivity contribution in [1.29, 1.82) is 0 Å². The predicted octanol–water partition coefficient (Wildman–Crippen LogP) is 3.62. The third-order valence-electron chi connectivity index (χ3n) is 4.40. The first kappa shape index (κ1) is 15.1. The number of anilines is 1. The van der Waals surface area contributed by atoms with Crippen LogP contribution in [-0.2, 0) is 0 Å². The third kappa shape index (κ3) is 2.73. The number of hydrogen-bond donors (Lipinski definition) is 1. The number of nitrogens with zero attached hydrogens (tertiary/aromatic N) is 4. The van der Waals surface area contributed by atoms with Crippen LogP contribution in [0.15, 0.2) is 24.4 Å². The lowest BCUT2D eigenvalue weighted by Crippen LogP contribution is -2.34. The van der Waals surface area contributed by atoms with Crippen molar-refractivity contribution in [3.8, 4) is 0 Å². The van der Waals surface area contributed by atoms with Crippen LogP contribution in [-0.4, -0.2) is 33.0 Å². The highest BCUT2D eigenvalue weighted by atomic mass is 32.1. The van der Waals surface area contributed by atoms with Crippen LogP contribution in [0.2, 0.25) is 0 Å². The summed E-state index contributed by atoms with van der Waals surface area (Å²) in [6.45, 7) is 3.72. The van der Waals surface area contributed by atoms with Gasteiger partial charge in [0.25, 0.3) is 0 Å². The summed E-state index contributed by atoms with van der Waals surface area (Å²) in [5, 5.41) is 11.7. The second-order valence-corrected chi connectivity index (χ2v) is 7.15. The van der Waals surface area contributed by atoms with Crippen LogP contribution >= 0.6 is 11.3 Å². The first-order valence-corrected chi connectivity index (χ1v) is 8.73. The van der Waals surface area contributed by atoms with Gasteiger partial charge in [-0.2, -0.15) is 0 Å². The number of rotatable bonds is 3. The molecule has 1 unspecified atom stereocenters. The summed E-state index contributed by atoms with van der Waals surface area (Å²) < 4.78 is 0. The molecule has 3 aromatic rings. The molecule has 0 saturated carbocycles. The molecule has 1 fully saturated rings. The Kier molecular flexibility index (Phi) is 3.68. The summed E-state index contributed by atoms with van der Waals surface area (Å²) in [5.41, 5.74) is 3.25. The van der Waals surface area contributed by atoms with E-state index in [0.29, 0.717) is 0 Å². The van der Waals surface area contributed by atoms with Gasteiger partial charge in [0.2, 0.25) is 0 Å². The molecule has 0 amide bonds. The first-order valence-electron chi connectivity index (χ1n) is 7.91. The monoisotopic (exact) mass is 343 g/mol. The Morgan fingerprint density at radius 3 is 3.12 bits per heavy atom. The minimum absolute atomic E-state index is 0.0892. The second-order valence-electron chi connectivity index (χ2n) is 6.17. The molecule has 8 heteroatoms. The van der Waals surface area contributed by atoms with Crippen molar-refractivity contribution in [2.45, 2.75) is 25.7 Å². The molecule has 1 saturated heterocycles. The van der Waals surface area contributed by atoms with Gasteiger partial charge in [-0.25, -0.2) is 9.97 Å². The minimum atomic E-state index is -0.385. The normalized spacial score (nSPS) is 18.2. The average molecular weight is 343 g/mol. The summed E-state index contributed by atoms with van der Waals surface area (Å²) in [6.07, 6.45) is 3.42. The maximum Gasteiger partial charge on any atom is 0.345 e. The number of piperidine rings is 1. The van der Waals surface area contributed by atoms with Crippen molar-refractivity contribution < 1.29 is 4.92 Å². The van der Waals surface area contributed by atoms with Gasteiger partial charge in [-0.15, -0.1) is 0 Å². The van der Waals surface area contributed by atoms with E-state index in [9.17, 15) is 10.1 Å². The predicted molar refractivity (Wildman–Crippen MR) is 93.8 cm³/mol. The molecular weight excluding hydrogens is 326 g/mol. The topological polar surface area (TPSA) is 87.9 Å². The summed E-state index contributed by atoms with van der Waals surface area (Å²) >= 11 is 1.14. The van der Waals surface area contributed by atoms with Crippen molar-refractivity contribution in [3.63, 3.8) is 0 Å². The van der Waals surface area contributed by atoms with Crippen molar-refractivity contribution in [3.05, 3.63) is 45.9 Å². The van der Waals surface area contributed by atoms with E-state index in [1.807, 2.05) is 6.07 Å². The number of aromatic amines is 1. The Labute approximate surface area is 142 Å². The van der Waals surface area contributed by atoms with Crippen LogP contribution in [0.3, 0.4) is 0 Å². The van der Waals surface area contributed by atoms with E-state index in [1.165, 1.54) is 11.8 Å². The molecule has 1 aliphatic heterocycles. The fourth-order valence-electron chi connectivity index (χ4n) is 3.20. The van der Waals surface area contributed by atoms with Crippen molar-refractivity contribution in [2.24, 2.45) is 0 Å². The maximum absolute atomic E-state index is 10.9. The van der Waals surface area contributed by atoms with E-state index >= 15 is 0 Å². The maximum atomic E-state index is 10.9. The Morgan fingerprint density at radius 2 is 2.33 bits per heavy atom. The molecule has 4 rings (SSSR count). The first-order chi connectivity index (χ1) is 11.6. The molecule has 1 aromatic carbocycles. The average Bonchev–Trinajstić information content (AvgIpc) is 3.21. The number of aryl methyl sites for hydroxylation is 1. The standard InChI is InChI=1S/C16H17N5O2S/c1-10-4-5-12-13(7-10)19-15(18-12)11-3-2-6-20(9-11)16-17-8-14(24-16)21(22)23/h4-5,7-8,11H,2-3,6,9H2,1H3,(H,18,19). The van der Waals surface area contributed by atoms with Crippen LogP contribution in [0.5, 0.6) is 0 Å². The summed E-state index contributed by atoms with van der Waals surface area (Å²) in [4.78, 5) is 25.0. The molecule has 0 bridgehead atoms. The van der Waals surface area contributed by atoms with Crippen LogP contribution in [0, 0.1) is 17.0 Å². The number of H-pyrrole nitrogens is 1. The quantitative estimate of drug-likeness (QED) is 0.579. The Morgan fingerprint density at radius 1 is 1.46 bits per heavy atom. The van der Waals surface area contributed by atoms with Crippen LogP contribution in [0.4, 0.5) is 10.1 Å². The lowest BCUT2D eigenvalue weighted by Gasteiger charge is -2.31. The van der Waals surface area contributed by atoms with Crippen molar-refractivity contribution in [1.82, 2.24) is 15.0 Å². The van der Waals surface area contributed by atoms with E-state index in [1.54, 1.807) is 0 Å². The molecule has 3 heterocycles. The number of thiazole rings is 1. The lowest BCUT2D eigenvalue weighted by molar-refractivity contribution is -0.380. The molecule has 0 radical (unpaired) electrons. The second kappa shape index (κ2) is 5.86. The molecule has 0 spiro atoms. The summed E-state index contributed by atoms with van der Waals surface area (Å²) in [7, 11) is 0. The fraction of sp³-hybridized carbons (Fsp3) is 0.375. The van der Waals surface area contributed by atoms with E-state index in [0.717, 1.165) is 59.3 Å². The summed E-state index contributed by atoms with van der Waals surface area (Å²) in [5.74, 6) is 1.28. The highest BCUT2D eigenvalue weighted by Crippen LogP contribution is 2.34. The Hall–Kier alpha value is -2.48. The van der Waals surface area contributed by atoms with Gasteiger partial charge in [0.05, 0.1) is 16.0 Å². The smallest absolute Gasteiger partial charge is 0.345 e. The molecular formula is C16H17N5O2S. The van der Waals surface area contributed by atoms with Crippen molar-refractivity contribution in [2.75, 3.05) is 18.0 Å². The molecule has 1 atom stereocenters. The molecule has 7 nitrogen and oxygen atoms in total. The number of aromatic nitrogens is 3. The van der Waals surface area contributed by atoms with Crippen molar-refractivity contribution >= 4 is 32.5 Å². The van der Waals surface area contributed by atoms with Crippen LogP contribution < -0.4 is 4.90 Å². The van der Waals surface area contributed by atoms with E-state index in [4.69, 9.17) is 4.98 Å². The van der Waals surface area contributed by atoms with E-state index in [2.05, 4.69) is 33.9 Å². The highest BCUT2D eigenvalue weighted by molar-refractivity contribution is 7.18. The largest absolute Gasteiger partial charge is 0.347 e. The van der Waals surface area contributed by atoms with Gasteiger partial charge in [-0.3, -0.25) is 10.1 Å². The number of nitrogens with one attached hydrogen (secondary N) is 1. The molecule has 1 aliphatic rings. The molecule has 124 valence electrons. The van der Waals surface area contributed by atoms with Crippen LogP contribution in [0.1, 0.15) is 30.1 Å². The zero-order valence-corrected chi connectivity index (χ0v) is 14.0. The minimum Gasteiger partial charge on any atom is -0.347 e. The van der Waals surface area contributed by atoms with Gasteiger partial charge in [0.1, 0.15) is 12.0 Å². The third-order valence-corrected chi connectivity index (χ3v) is 5.41. The fourth-order valence-corrected chi connectivity index (χ4v) is 3.97. The number of imidazole rings is 1. The molecule has 1 N–H and O–H groups in total. The van der Waals surface area contributed by atoms with Gasteiger partial charge in [-0.05, 0) is 48.8 Å². The zero-order chi connectivity index (χ0) is 16.7.